The van der Waals surface area contributed by atoms with Crippen molar-refractivity contribution in [1.82, 2.24) is 0 Å². The minimum Gasteiger partial charge on any atom is -0.478 e. The van der Waals surface area contributed by atoms with E-state index in [1.165, 1.54) is 0 Å². The Labute approximate surface area is 97.3 Å². The molecule has 0 amide bonds. The minimum absolute atomic E-state index is 0.0704. The third-order valence-corrected chi connectivity index (χ3v) is 2.27. The zero-order valence-electron chi connectivity index (χ0n) is 7.76. The molecule has 3 nitrogen and oxygen atoms in total. The molecular weight excluding hydrogens is 237 g/mol. The molecule has 2 N–H and O–H groups in total. The summed E-state index contributed by atoms with van der Waals surface area (Å²) in [7, 11) is 0. The van der Waals surface area contributed by atoms with Gasteiger partial charge in [0.15, 0.2) is 0 Å². The summed E-state index contributed by atoms with van der Waals surface area (Å²) in [5.41, 5.74) is 0.699. The number of rotatable bonds is 4. The van der Waals surface area contributed by atoms with Crippen LogP contribution in [-0.2, 0) is 4.79 Å². The van der Waals surface area contributed by atoms with Gasteiger partial charge < -0.3 is 10.4 Å². The highest BCUT2D eigenvalue weighted by Crippen LogP contribution is 2.25. The lowest BCUT2D eigenvalue weighted by molar-refractivity contribution is -0.132. The molecule has 0 radical (unpaired) electrons. The number of hydrogen-bond acceptors (Lipinski definition) is 2. The fourth-order valence-electron chi connectivity index (χ4n) is 0.910. The highest BCUT2D eigenvalue weighted by molar-refractivity contribution is 6.36. The van der Waals surface area contributed by atoms with Crippen molar-refractivity contribution in [1.29, 1.82) is 0 Å². The van der Waals surface area contributed by atoms with Crippen molar-refractivity contribution < 1.29 is 9.90 Å². The molecule has 0 saturated heterocycles. The number of carboxylic acids is 1. The van der Waals surface area contributed by atoms with Crippen molar-refractivity contribution in [3.05, 3.63) is 40.4 Å². The number of anilines is 1. The Hall–Kier alpha value is -1.19. The van der Waals surface area contributed by atoms with Crippen molar-refractivity contribution in [3.8, 4) is 0 Å². The van der Waals surface area contributed by atoms with E-state index in [0.29, 0.717) is 15.7 Å². The van der Waals surface area contributed by atoms with E-state index in [1.807, 2.05) is 0 Å². The lowest BCUT2D eigenvalue weighted by Gasteiger charge is -2.08. The molecule has 0 aliphatic carbocycles. The summed E-state index contributed by atoms with van der Waals surface area (Å²) in [6.07, 6.45) is 0. The average molecular weight is 246 g/mol. The number of carboxylic acid groups (broad SMARTS) is 1. The van der Waals surface area contributed by atoms with E-state index >= 15 is 0 Å². The predicted octanol–water partition coefficient (Wildman–Crippen LogP) is 3.05. The molecule has 0 bridgehead atoms. The summed E-state index contributed by atoms with van der Waals surface area (Å²) in [4.78, 5) is 10.5. The number of nitrogens with one attached hydrogen (secondary N) is 1. The van der Waals surface area contributed by atoms with E-state index in [4.69, 9.17) is 28.3 Å². The first-order valence-corrected chi connectivity index (χ1v) is 4.86. The van der Waals surface area contributed by atoms with Crippen LogP contribution in [-0.4, -0.2) is 17.6 Å². The Balaban J connectivity index is 2.66. The fourth-order valence-corrected chi connectivity index (χ4v) is 1.39. The van der Waals surface area contributed by atoms with E-state index in [0.717, 1.165) is 0 Å². The molecule has 0 aliphatic heterocycles. The van der Waals surface area contributed by atoms with Crippen LogP contribution < -0.4 is 5.32 Å². The fraction of sp³-hybridized carbons (Fsp3) is 0.100. The molecule has 0 fully saturated rings. The number of benzene rings is 1. The van der Waals surface area contributed by atoms with Crippen molar-refractivity contribution in [2.75, 3.05) is 11.9 Å². The van der Waals surface area contributed by atoms with Crippen molar-refractivity contribution in [3.63, 3.8) is 0 Å². The third-order valence-electron chi connectivity index (χ3n) is 1.73. The smallest absolute Gasteiger partial charge is 0.332 e. The molecule has 0 spiro atoms. The standard InChI is InChI=1S/C10H9Cl2NO2/c1-6(10(14)15)5-13-9-3-2-7(11)4-8(9)12/h2-4,13H,1,5H2,(H,14,15). The molecular formula is C10H9Cl2NO2. The number of carbonyl (C=O) groups is 1. The van der Waals surface area contributed by atoms with E-state index in [1.54, 1.807) is 18.2 Å². The van der Waals surface area contributed by atoms with Gasteiger partial charge in [-0.15, -0.1) is 0 Å². The second-order valence-electron chi connectivity index (χ2n) is 2.89. The van der Waals surface area contributed by atoms with Gasteiger partial charge in [0, 0.05) is 17.1 Å². The highest BCUT2D eigenvalue weighted by Gasteiger charge is 2.05. The van der Waals surface area contributed by atoms with Gasteiger partial charge in [-0.1, -0.05) is 29.8 Å². The second-order valence-corrected chi connectivity index (χ2v) is 3.73. The van der Waals surface area contributed by atoms with Crippen LogP contribution in [0.3, 0.4) is 0 Å². The summed E-state index contributed by atoms with van der Waals surface area (Å²) in [5, 5.41) is 12.4. The molecule has 0 atom stereocenters. The molecule has 0 unspecified atom stereocenters. The van der Waals surface area contributed by atoms with Gasteiger partial charge in [-0.25, -0.2) is 4.79 Å². The van der Waals surface area contributed by atoms with Gasteiger partial charge in [0.1, 0.15) is 0 Å². The van der Waals surface area contributed by atoms with Crippen LogP contribution in [0, 0.1) is 0 Å². The molecule has 15 heavy (non-hydrogen) atoms. The maximum absolute atomic E-state index is 10.5. The highest BCUT2D eigenvalue weighted by atomic mass is 35.5. The van der Waals surface area contributed by atoms with Crippen LogP contribution in [0.15, 0.2) is 30.4 Å². The largest absolute Gasteiger partial charge is 0.478 e. The molecule has 1 aromatic rings. The van der Waals surface area contributed by atoms with Gasteiger partial charge in [-0.05, 0) is 18.2 Å². The number of aliphatic carboxylic acids is 1. The van der Waals surface area contributed by atoms with Gasteiger partial charge >= 0.3 is 5.97 Å². The average Bonchev–Trinajstić information content (AvgIpc) is 2.15. The monoisotopic (exact) mass is 245 g/mol. The third kappa shape index (κ3) is 3.46. The van der Waals surface area contributed by atoms with Gasteiger partial charge in [0.2, 0.25) is 0 Å². The zero-order chi connectivity index (χ0) is 11.4. The first-order valence-electron chi connectivity index (χ1n) is 4.10. The minimum atomic E-state index is -1.03. The summed E-state index contributed by atoms with van der Waals surface area (Å²) in [5.74, 6) is -1.03. The Bertz CT molecular complexity index is 404. The first-order chi connectivity index (χ1) is 7.00. The van der Waals surface area contributed by atoms with Gasteiger partial charge in [0.05, 0.1) is 10.7 Å². The van der Waals surface area contributed by atoms with Gasteiger partial charge in [-0.3, -0.25) is 0 Å². The van der Waals surface area contributed by atoms with Crippen LogP contribution in [0.1, 0.15) is 0 Å². The van der Waals surface area contributed by atoms with Gasteiger partial charge in [0.25, 0.3) is 0 Å². The summed E-state index contributed by atoms with van der Waals surface area (Å²) < 4.78 is 0. The Kier molecular flexibility index (Phi) is 4.00. The Morgan fingerprint density at radius 3 is 2.67 bits per heavy atom. The molecule has 80 valence electrons. The summed E-state index contributed by atoms with van der Waals surface area (Å²) >= 11 is 11.6. The molecule has 0 aliphatic rings. The lowest BCUT2D eigenvalue weighted by Crippen LogP contribution is -2.11. The second kappa shape index (κ2) is 5.05. The molecule has 1 aromatic carbocycles. The van der Waals surface area contributed by atoms with Crippen LogP contribution in [0.5, 0.6) is 0 Å². The SMILES string of the molecule is C=C(CNc1ccc(Cl)cc1Cl)C(=O)O. The summed E-state index contributed by atoms with van der Waals surface area (Å²) in [6.45, 7) is 3.52. The molecule has 0 saturated carbocycles. The van der Waals surface area contributed by atoms with Crippen molar-refractivity contribution >= 4 is 34.9 Å². The number of hydrogen-bond donors (Lipinski definition) is 2. The lowest BCUT2D eigenvalue weighted by atomic mass is 10.2. The van der Waals surface area contributed by atoms with Crippen molar-refractivity contribution in [2.45, 2.75) is 0 Å². The maximum atomic E-state index is 10.5. The van der Waals surface area contributed by atoms with E-state index in [9.17, 15) is 4.79 Å². The summed E-state index contributed by atoms with van der Waals surface area (Å²) in [6, 6.07) is 4.92. The molecule has 0 aromatic heterocycles. The Morgan fingerprint density at radius 2 is 2.13 bits per heavy atom. The van der Waals surface area contributed by atoms with Crippen LogP contribution in [0.25, 0.3) is 0 Å². The molecule has 1 rings (SSSR count). The van der Waals surface area contributed by atoms with Gasteiger partial charge in [-0.2, -0.15) is 0 Å². The van der Waals surface area contributed by atoms with Crippen LogP contribution in [0.2, 0.25) is 10.0 Å². The van der Waals surface area contributed by atoms with E-state index in [2.05, 4.69) is 11.9 Å². The normalized spacial score (nSPS) is 9.73. The topological polar surface area (TPSA) is 49.3 Å². The predicted molar refractivity (Wildman–Crippen MR) is 61.7 cm³/mol. The van der Waals surface area contributed by atoms with Crippen molar-refractivity contribution in [2.24, 2.45) is 0 Å². The Morgan fingerprint density at radius 1 is 1.47 bits per heavy atom. The maximum Gasteiger partial charge on any atom is 0.332 e. The van der Waals surface area contributed by atoms with Crippen LogP contribution in [0.4, 0.5) is 5.69 Å². The quantitative estimate of drug-likeness (QED) is 0.802. The molecule has 5 heteroatoms. The first kappa shape index (κ1) is 11.9. The number of halogens is 2. The molecule has 0 heterocycles. The zero-order valence-corrected chi connectivity index (χ0v) is 9.27. The van der Waals surface area contributed by atoms with E-state index in [-0.39, 0.29) is 12.1 Å². The van der Waals surface area contributed by atoms with E-state index < -0.39 is 5.97 Å². The van der Waals surface area contributed by atoms with Crippen LogP contribution >= 0.6 is 23.2 Å².